The average Bonchev–Trinajstić information content (AvgIpc) is 1.86. The van der Waals surface area contributed by atoms with Gasteiger partial charge in [0.05, 0.1) is 0 Å². The largest absolute Gasteiger partial charge is 0.382 e. The Bertz CT molecular complexity index is 111. The fourth-order valence-electron chi connectivity index (χ4n) is 0.420. The Morgan fingerprint density at radius 3 is 2.67 bits per heavy atom. The molecule has 1 nitrogen and oxygen atoms in total. The fraction of sp³-hybridized carbons (Fsp3) is 0. The summed E-state index contributed by atoms with van der Waals surface area (Å²) in [5.74, 6) is 0. The molecule has 0 radical (unpaired) electrons. The molecular weight excluding hydrogens is 89.0 g/mol. The molecule has 1 N–H and O–H groups in total. The standard InChI is InChI=1S/C4H4N.Al.2H/c1-2-4-5-3-1;;;/h1-3,5H;;;. The second-order valence-electron chi connectivity index (χ2n) is 1.35. The van der Waals surface area contributed by atoms with Gasteiger partial charge < -0.3 is 4.98 Å². The Hall–Kier alpha value is -0.188. The lowest BCUT2D eigenvalue weighted by Crippen LogP contribution is -1.98. The molecule has 0 aliphatic heterocycles. The summed E-state index contributed by atoms with van der Waals surface area (Å²) in [7, 11) is 0. The van der Waals surface area contributed by atoms with Gasteiger partial charge in [-0.2, -0.15) is 0 Å². The van der Waals surface area contributed by atoms with Crippen LogP contribution < -0.4 is 4.56 Å². The summed E-state index contributed by atoms with van der Waals surface area (Å²) in [5.41, 5.74) is 0. The van der Waals surface area contributed by atoms with Crippen molar-refractivity contribution in [3.63, 3.8) is 0 Å². The minimum absolute atomic E-state index is 1.14. The maximum Gasteiger partial charge on any atom is 0.285 e. The van der Waals surface area contributed by atoms with E-state index in [1.165, 1.54) is 4.56 Å². The van der Waals surface area contributed by atoms with Gasteiger partial charge in [-0.3, -0.25) is 0 Å². The van der Waals surface area contributed by atoms with Gasteiger partial charge in [0, 0.05) is 0 Å². The van der Waals surface area contributed by atoms with E-state index >= 15 is 0 Å². The number of hydrogen-bond donors (Lipinski definition) is 1. The minimum atomic E-state index is 1.14. The third-order valence-corrected chi connectivity index (χ3v) is 1.38. The van der Waals surface area contributed by atoms with Crippen molar-refractivity contribution < 1.29 is 0 Å². The molecule has 1 rings (SSSR count). The summed E-state index contributed by atoms with van der Waals surface area (Å²) >= 11 is 1.14. The van der Waals surface area contributed by atoms with Gasteiger partial charge in [-0.1, -0.05) is 10.6 Å². The van der Waals surface area contributed by atoms with Gasteiger partial charge in [-0.05, 0) is 12.3 Å². The number of aromatic nitrogens is 1. The van der Waals surface area contributed by atoms with Gasteiger partial charge in [0.1, 0.15) is 0 Å². The smallest absolute Gasteiger partial charge is 0.285 e. The Labute approximate surface area is 44.8 Å². The van der Waals surface area contributed by atoms with E-state index in [1.54, 1.807) is 0 Å². The number of nitrogens with one attached hydrogen (secondary N) is 1. The van der Waals surface area contributed by atoms with Crippen LogP contribution in [0.2, 0.25) is 0 Å². The molecule has 1 aromatic rings. The average molecular weight is 95.1 g/mol. The van der Waals surface area contributed by atoms with Crippen LogP contribution >= 0.6 is 0 Å². The SMILES string of the molecule is [AlH2][c]1ccc[nH]1. The van der Waals surface area contributed by atoms with Crippen LogP contribution in [0, 0.1) is 0 Å². The second-order valence-corrected chi connectivity index (χ2v) is 2.43. The third kappa shape index (κ3) is 0.650. The van der Waals surface area contributed by atoms with E-state index in [-0.39, 0.29) is 0 Å². The van der Waals surface area contributed by atoms with Crippen LogP contribution in [0.15, 0.2) is 18.3 Å². The first-order valence-corrected chi connectivity index (χ1v) is 2.99. The molecular formula is C4H6AlN. The molecule has 6 heavy (non-hydrogen) atoms. The molecule has 0 aromatic carbocycles. The molecule has 1 heterocycles. The summed E-state index contributed by atoms with van der Waals surface area (Å²) in [4.78, 5) is 3.06. The summed E-state index contributed by atoms with van der Waals surface area (Å²) in [6.07, 6.45) is 1.95. The molecule has 30 valence electrons. The molecule has 0 aliphatic carbocycles. The van der Waals surface area contributed by atoms with Gasteiger partial charge in [0.15, 0.2) is 0 Å². The van der Waals surface area contributed by atoms with Crippen molar-refractivity contribution in [2.24, 2.45) is 0 Å². The van der Waals surface area contributed by atoms with E-state index in [4.69, 9.17) is 0 Å². The van der Waals surface area contributed by atoms with Crippen LogP contribution in [0.3, 0.4) is 0 Å². The van der Waals surface area contributed by atoms with Gasteiger partial charge in [-0.15, -0.1) is 0 Å². The van der Waals surface area contributed by atoms with Gasteiger partial charge in [-0.25, -0.2) is 0 Å². The Kier molecular flexibility index (Phi) is 1.00. The predicted octanol–water partition coefficient (Wildman–Crippen LogP) is -0.727. The maximum absolute atomic E-state index is 3.06. The highest BCUT2D eigenvalue weighted by Gasteiger charge is 1.73. The zero-order valence-electron chi connectivity index (χ0n) is 3.73. The van der Waals surface area contributed by atoms with Crippen molar-refractivity contribution in [2.75, 3.05) is 0 Å². The van der Waals surface area contributed by atoms with E-state index in [9.17, 15) is 0 Å². The van der Waals surface area contributed by atoms with Gasteiger partial charge in [0.25, 0.3) is 16.3 Å². The zero-order valence-corrected chi connectivity index (χ0v) is 5.73. The molecule has 2 heteroatoms. The second kappa shape index (κ2) is 1.51. The quantitative estimate of drug-likeness (QED) is 0.409. The lowest BCUT2D eigenvalue weighted by molar-refractivity contribution is 1.47. The maximum atomic E-state index is 3.06. The summed E-state index contributed by atoms with van der Waals surface area (Å²) in [6, 6.07) is 4.11. The molecule has 0 saturated heterocycles. The van der Waals surface area contributed by atoms with Crippen molar-refractivity contribution in [1.82, 2.24) is 4.98 Å². The van der Waals surface area contributed by atoms with Crippen LogP contribution in [-0.4, -0.2) is 21.3 Å². The molecule has 0 spiro atoms. The molecule has 0 unspecified atom stereocenters. The van der Waals surface area contributed by atoms with E-state index < -0.39 is 0 Å². The highest BCUT2D eigenvalue weighted by Crippen LogP contribution is 1.68. The lowest BCUT2D eigenvalue weighted by atomic mass is 10.7. The molecule has 0 bridgehead atoms. The molecule has 0 fully saturated rings. The highest BCUT2D eigenvalue weighted by molar-refractivity contribution is 6.30. The topological polar surface area (TPSA) is 15.8 Å². The number of H-pyrrole nitrogens is 1. The van der Waals surface area contributed by atoms with Gasteiger partial charge in [0.2, 0.25) is 0 Å². The Balaban J connectivity index is 3.05. The van der Waals surface area contributed by atoms with Crippen LogP contribution in [0.4, 0.5) is 0 Å². The van der Waals surface area contributed by atoms with E-state index in [0.29, 0.717) is 0 Å². The Morgan fingerprint density at radius 2 is 2.50 bits per heavy atom. The first-order chi connectivity index (χ1) is 2.89. The van der Waals surface area contributed by atoms with Crippen molar-refractivity contribution in [2.45, 2.75) is 0 Å². The van der Waals surface area contributed by atoms with E-state index in [2.05, 4.69) is 11.1 Å². The van der Waals surface area contributed by atoms with Crippen molar-refractivity contribution in [3.8, 4) is 0 Å². The lowest BCUT2D eigenvalue weighted by Gasteiger charge is -1.70. The van der Waals surface area contributed by atoms with Gasteiger partial charge >= 0.3 is 0 Å². The monoisotopic (exact) mass is 95.0 g/mol. The predicted molar refractivity (Wildman–Crippen MR) is 29.0 cm³/mol. The molecule has 0 aliphatic rings. The summed E-state index contributed by atoms with van der Waals surface area (Å²) in [5, 5.41) is 0. The van der Waals surface area contributed by atoms with Crippen molar-refractivity contribution in [3.05, 3.63) is 18.3 Å². The van der Waals surface area contributed by atoms with E-state index in [0.717, 1.165) is 16.3 Å². The highest BCUT2D eigenvalue weighted by atomic mass is 27.0. The normalized spacial score (nSPS) is 8.67. The third-order valence-electron chi connectivity index (χ3n) is 0.753. The molecule has 1 aromatic heterocycles. The zero-order chi connectivity index (χ0) is 4.41. The first kappa shape index (κ1) is 3.98. The van der Waals surface area contributed by atoms with Crippen molar-refractivity contribution >= 4 is 20.8 Å². The molecule has 0 saturated carbocycles. The van der Waals surface area contributed by atoms with Crippen LogP contribution in [0.5, 0.6) is 0 Å². The summed E-state index contributed by atoms with van der Waals surface area (Å²) < 4.78 is 1.36. The fourth-order valence-corrected chi connectivity index (χ4v) is 0.779. The minimum Gasteiger partial charge on any atom is -0.382 e. The Morgan fingerprint density at radius 1 is 1.67 bits per heavy atom. The number of rotatable bonds is 0. The van der Waals surface area contributed by atoms with E-state index in [1.807, 2.05) is 12.3 Å². The van der Waals surface area contributed by atoms with Crippen LogP contribution in [0.1, 0.15) is 0 Å². The first-order valence-electron chi connectivity index (χ1n) is 1.99. The summed E-state index contributed by atoms with van der Waals surface area (Å²) in [6.45, 7) is 0. The van der Waals surface area contributed by atoms with Crippen LogP contribution in [0.25, 0.3) is 0 Å². The van der Waals surface area contributed by atoms with Crippen LogP contribution in [-0.2, 0) is 0 Å². The number of aromatic amines is 1. The molecule has 0 atom stereocenters. The molecule has 0 amide bonds. The number of hydrogen-bond acceptors (Lipinski definition) is 0. The van der Waals surface area contributed by atoms with Crippen molar-refractivity contribution in [1.29, 1.82) is 0 Å².